The van der Waals surface area contributed by atoms with E-state index in [1.54, 1.807) is 42.5 Å². The first-order valence-corrected chi connectivity index (χ1v) is 10.3. The maximum atomic E-state index is 13.3. The van der Waals surface area contributed by atoms with E-state index in [9.17, 15) is 4.79 Å². The number of ether oxygens (including phenoxy) is 1. The topological polar surface area (TPSA) is 29.5 Å². The average molecular weight is 426 g/mol. The Morgan fingerprint density at radius 3 is 2.31 bits per heavy atom. The number of benzene rings is 3. The van der Waals surface area contributed by atoms with Gasteiger partial charge in [-0.25, -0.2) is 0 Å². The molecule has 1 aliphatic rings. The van der Waals surface area contributed by atoms with E-state index < -0.39 is 0 Å². The molecule has 3 aromatic rings. The molecule has 0 N–H and O–H groups in total. The minimum atomic E-state index is -0.122. The first-order valence-electron chi connectivity index (χ1n) is 9.52. The van der Waals surface area contributed by atoms with Gasteiger partial charge in [-0.2, -0.15) is 0 Å². The van der Waals surface area contributed by atoms with Crippen LogP contribution in [0.25, 0.3) is 0 Å². The standard InChI is InChI=1S/C24H21Cl2NO2/c1-27-14-21(16-5-3-2-4-6-16)22(15-27)24(28)20-12-11-19(13-23(20)26)29-18-9-7-17(25)8-10-18/h2-13,21-22H,14-15H2,1H3/t21-,22-/m1/s1. The van der Waals surface area contributed by atoms with Crippen LogP contribution in [0.4, 0.5) is 0 Å². The fourth-order valence-corrected chi connectivity index (χ4v) is 4.29. The zero-order valence-electron chi connectivity index (χ0n) is 16.0. The van der Waals surface area contributed by atoms with Crippen LogP contribution in [-0.2, 0) is 0 Å². The minimum Gasteiger partial charge on any atom is -0.457 e. The van der Waals surface area contributed by atoms with Gasteiger partial charge in [-0.1, -0.05) is 53.5 Å². The summed E-state index contributed by atoms with van der Waals surface area (Å²) in [4.78, 5) is 15.5. The number of likely N-dealkylation sites (N-methyl/N-ethyl adjacent to an activating group) is 1. The number of hydrogen-bond donors (Lipinski definition) is 0. The van der Waals surface area contributed by atoms with E-state index in [1.807, 2.05) is 25.2 Å². The number of carbonyl (C=O) groups excluding carboxylic acids is 1. The number of nitrogens with zero attached hydrogens (tertiary/aromatic N) is 1. The van der Waals surface area contributed by atoms with Gasteiger partial charge < -0.3 is 9.64 Å². The highest BCUT2D eigenvalue weighted by Crippen LogP contribution is 2.36. The normalized spacial score (nSPS) is 19.3. The van der Waals surface area contributed by atoms with Crippen molar-refractivity contribution in [1.29, 1.82) is 0 Å². The van der Waals surface area contributed by atoms with Crippen molar-refractivity contribution in [3.05, 3.63) is 94.0 Å². The summed E-state index contributed by atoms with van der Waals surface area (Å²) >= 11 is 12.4. The van der Waals surface area contributed by atoms with Crippen molar-refractivity contribution in [1.82, 2.24) is 4.90 Å². The molecular weight excluding hydrogens is 405 g/mol. The van der Waals surface area contributed by atoms with Gasteiger partial charge >= 0.3 is 0 Å². The number of likely N-dealkylation sites (tertiary alicyclic amines) is 1. The molecule has 148 valence electrons. The van der Waals surface area contributed by atoms with Gasteiger partial charge in [-0.3, -0.25) is 4.79 Å². The zero-order valence-corrected chi connectivity index (χ0v) is 17.5. The number of ketones is 1. The third kappa shape index (κ3) is 4.48. The van der Waals surface area contributed by atoms with E-state index in [1.165, 1.54) is 5.56 Å². The SMILES string of the molecule is CN1C[C@H](c2ccccc2)[C@H](C(=O)c2ccc(Oc3ccc(Cl)cc3)cc2Cl)C1. The van der Waals surface area contributed by atoms with Gasteiger partial charge in [-0.15, -0.1) is 0 Å². The Bertz CT molecular complexity index is 1010. The van der Waals surface area contributed by atoms with Crippen molar-refractivity contribution in [2.45, 2.75) is 5.92 Å². The smallest absolute Gasteiger partial charge is 0.169 e. The fourth-order valence-electron chi connectivity index (χ4n) is 3.90. The lowest BCUT2D eigenvalue weighted by Gasteiger charge is -2.18. The van der Waals surface area contributed by atoms with E-state index in [-0.39, 0.29) is 17.6 Å². The second kappa shape index (κ2) is 8.58. The molecule has 1 saturated heterocycles. The monoisotopic (exact) mass is 425 g/mol. The first-order chi connectivity index (χ1) is 14.0. The second-order valence-corrected chi connectivity index (χ2v) is 8.25. The zero-order chi connectivity index (χ0) is 20.4. The minimum absolute atomic E-state index is 0.0752. The molecule has 1 fully saturated rings. The highest BCUT2D eigenvalue weighted by molar-refractivity contribution is 6.34. The van der Waals surface area contributed by atoms with Gasteiger partial charge in [-0.05, 0) is 49.0 Å². The van der Waals surface area contributed by atoms with E-state index in [4.69, 9.17) is 27.9 Å². The Balaban J connectivity index is 1.55. The largest absolute Gasteiger partial charge is 0.457 e. The molecule has 1 heterocycles. The maximum absolute atomic E-state index is 13.3. The summed E-state index contributed by atoms with van der Waals surface area (Å²) in [7, 11) is 2.05. The predicted molar refractivity (Wildman–Crippen MR) is 117 cm³/mol. The van der Waals surface area contributed by atoms with Crippen molar-refractivity contribution in [2.24, 2.45) is 5.92 Å². The number of Topliss-reactive ketones (excluding diaryl/α,β-unsaturated/α-hetero) is 1. The molecule has 0 unspecified atom stereocenters. The van der Waals surface area contributed by atoms with Crippen LogP contribution in [0.1, 0.15) is 21.8 Å². The summed E-state index contributed by atoms with van der Waals surface area (Å²) in [6.07, 6.45) is 0. The van der Waals surface area contributed by atoms with Crippen LogP contribution in [0, 0.1) is 5.92 Å². The van der Waals surface area contributed by atoms with Gasteiger partial charge in [0.15, 0.2) is 5.78 Å². The molecule has 4 rings (SSSR count). The third-order valence-corrected chi connectivity index (χ3v) is 5.89. The molecule has 0 bridgehead atoms. The van der Waals surface area contributed by atoms with Gasteiger partial charge in [0.1, 0.15) is 11.5 Å². The Labute approximate surface area is 180 Å². The van der Waals surface area contributed by atoms with Crippen molar-refractivity contribution in [3.8, 4) is 11.5 Å². The molecule has 0 spiro atoms. The Hall–Kier alpha value is -2.33. The summed E-state index contributed by atoms with van der Waals surface area (Å²) in [5.41, 5.74) is 1.73. The quantitative estimate of drug-likeness (QED) is 0.448. The summed E-state index contributed by atoms with van der Waals surface area (Å²) in [5.74, 6) is 1.35. The summed E-state index contributed by atoms with van der Waals surface area (Å²) < 4.78 is 5.82. The highest BCUT2D eigenvalue weighted by atomic mass is 35.5. The number of carbonyl (C=O) groups is 1. The molecule has 2 atom stereocenters. The van der Waals surface area contributed by atoms with Crippen LogP contribution in [0.3, 0.4) is 0 Å². The van der Waals surface area contributed by atoms with Crippen LogP contribution in [-0.4, -0.2) is 30.8 Å². The number of hydrogen-bond acceptors (Lipinski definition) is 3. The van der Waals surface area contributed by atoms with Crippen molar-refractivity contribution in [2.75, 3.05) is 20.1 Å². The van der Waals surface area contributed by atoms with E-state index in [2.05, 4.69) is 17.0 Å². The van der Waals surface area contributed by atoms with Gasteiger partial charge in [0.05, 0.1) is 5.02 Å². The molecule has 0 saturated carbocycles. The molecule has 29 heavy (non-hydrogen) atoms. The predicted octanol–water partition coefficient (Wildman–Crippen LogP) is 6.31. The molecule has 3 nitrogen and oxygen atoms in total. The summed E-state index contributed by atoms with van der Waals surface area (Å²) in [6, 6.07) is 22.5. The van der Waals surface area contributed by atoms with E-state index in [0.29, 0.717) is 27.1 Å². The maximum Gasteiger partial charge on any atom is 0.169 e. The highest BCUT2D eigenvalue weighted by Gasteiger charge is 2.37. The Morgan fingerprint density at radius 2 is 1.62 bits per heavy atom. The second-order valence-electron chi connectivity index (χ2n) is 7.41. The van der Waals surface area contributed by atoms with Gasteiger partial charge in [0, 0.05) is 41.6 Å². The molecular formula is C24H21Cl2NO2. The lowest BCUT2D eigenvalue weighted by atomic mass is 9.84. The molecule has 0 aromatic heterocycles. The molecule has 0 aliphatic carbocycles. The lowest BCUT2D eigenvalue weighted by molar-refractivity contribution is 0.0916. The molecule has 0 radical (unpaired) electrons. The van der Waals surface area contributed by atoms with Crippen molar-refractivity contribution >= 4 is 29.0 Å². The van der Waals surface area contributed by atoms with Gasteiger partial charge in [0.2, 0.25) is 0 Å². The van der Waals surface area contributed by atoms with Crippen LogP contribution >= 0.6 is 23.2 Å². The Morgan fingerprint density at radius 1 is 0.931 bits per heavy atom. The fraction of sp³-hybridized carbons (Fsp3) is 0.208. The molecule has 0 amide bonds. The molecule has 1 aliphatic heterocycles. The summed E-state index contributed by atoms with van der Waals surface area (Å²) in [6.45, 7) is 1.58. The lowest BCUT2D eigenvalue weighted by Crippen LogP contribution is -2.22. The Kier molecular flexibility index (Phi) is 5.91. The first kappa shape index (κ1) is 20.0. The summed E-state index contributed by atoms with van der Waals surface area (Å²) in [5, 5.41) is 1.05. The molecule has 3 aromatic carbocycles. The van der Waals surface area contributed by atoms with Crippen LogP contribution in [0.15, 0.2) is 72.8 Å². The van der Waals surface area contributed by atoms with Crippen LogP contribution < -0.4 is 4.74 Å². The van der Waals surface area contributed by atoms with Crippen molar-refractivity contribution in [3.63, 3.8) is 0 Å². The van der Waals surface area contributed by atoms with Crippen molar-refractivity contribution < 1.29 is 9.53 Å². The van der Waals surface area contributed by atoms with Crippen LogP contribution in [0.5, 0.6) is 11.5 Å². The third-order valence-electron chi connectivity index (χ3n) is 5.32. The average Bonchev–Trinajstić information content (AvgIpc) is 3.12. The number of rotatable bonds is 5. The molecule has 5 heteroatoms. The van der Waals surface area contributed by atoms with Gasteiger partial charge in [0.25, 0.3) is 0 Å². The van der Waals surface area contributed by atoms with Crippen LogP contribution in [0.2, 0.25) is 10.0 Å². The van der Waals surface area contributed by atoms with E-state index in [0.717, 1.165) is 13.1 Å². The number of halogens is 2. The van der Waals surface area contributed by atoms with E-state index >= 15 is 0 Å².